The molecular weight excluding hydrogens is 352 g/mol. The first-order valence-electron chi connectivity index (χ1n) is 7.83. The number of rotatable bonds is 4. The van der Waals surface area contributed by atoms with E-state index >= 15 is 0 Å². The molecule has 0 aliphatic carbocycles. The van der Waals surface area contributed by atoms with Crippen LogP contribution < -0.4 is 10.9 Å². The molecule has 0 aliphatic rings. The summed E-state index contributed by atoms with van der Waals surface area (Å²) in [7, 11) is 0. The Labute approximate surface area is 151 Å². The maximum Gasteiger partial charge on any atom is 0.295 e. The lowest BCUT2D eigenvalue weighted by molar-refractivity contribution is 0.102. The smallest absolute Gasteiger partial charge is 0.295 e. The number of thiazole rings is 1. The van der Waals surface area contributed by atoms with Gasteiger partial charge in [0.25, 0.3) is 11.5 Å². The summed E-state index contributed by atoms with van der Waals surface area (Å²) >= 11 is 1.23. The van der Waals surface area contributed by atoms with Crippen molar-refractivity contribution >= 4 is 28.0 Å². The molecule has 1 aromatic carbocycles. The third kappa shape index (κ3) is 3.11. The molecule has 1 N–H and O–H groups in total. The predicted octanol–water partition coefficient (Wildman–Crippen LogP) is 1.96. The number of hydrogen-bond donors (Lipinski definition) is 1. The molecular formula is C17H14N6O2S. The van der Waals surface area contributed by atoms with Crippen molar-refractivity contribution in [2.75, 3.05) is 5.32 Å². The molecule has 1 amide bonds. The lowest BCUT2D eigenvalue weighted by Crippen LogP contribution is -2.18. The molecule has 8 nitrogen and oxygen atoms in total. The summed E-state index contributed by atoms with van der Waals surface area (Å²) in [5, 5.41) is 12.9. The summed E-state index contributed by atoms with van der Waals surface area (Å²) in [4.78, 5) is 28.4. The zero-order valence-corrected chi connectivity index (χ0v) is 14.6. The summed E-state index contributed by atoms with van der Waals surface area (Å²) in [5.74, 6) is 0.156. The highest BCUT2D eigenvalue weighted by molar-refractivity contribution is 7.15. The number of benzene rings is 1. The van der Waals surface area contributed by atoms with E-state index in [1.54, 1.807) is 23.2 Å². The molecule has 3 aromatic heterocycles. The van der Waals surface area contributed by atoms with Gasteiger partial charge in [-0.3, -0.25) is 14.3 Å². The van der Waals surface area contributed by atoms with Gasteiger partial charge >= 0.3 is 0 Å². The molecule has 0 radical (unpaired) electrons. The van der Waals surface area contributed by atoms with E-state index in [9.17, 15) is 9.59 Å². The normalized spacial score (nSPS) is 11.0. The summed E-state index contributed by atoms with van der Waals surface area (Å²) < 4.78 is 3.16. The molecule has 0 saturated carbocycles. The lowest BCUT2D eigenvalue weighted by atomic mass is 10.2. The van der Waals surface area contributed by atoms with Crippen LogP contribution in [0.1, 0.15) is 21.6 Å². The monoisotopic (exact) mass is 366 g/mol. The predicted molar refractivity (Wildman–Crippen MR) is 97.6 cm³/mol. The van der Waals surface area contributed by atoms with Crippen LogP contribution in [0.3, 0.4) is 0 Å². The van der Waals surface area contributed by atoms with Crippen molar-refractivity contribution in [3.8, 4) is 0 Å². The van der Waals surface area contributed by atoms with E-state index in [1.807, 2.05) is 30.3 Å². The molecule has 4 aromatic rings. The molecule has 0 spiro atoms. The molecule has 0 fully saturated rings. The van der Waals surface area contributed by atoms with Gasteiger partial charge in [-0.25, -0.2) is 0 Å². The number of nitrogens with one attached hydrogen (secondary N) is 1. The lowest BCUT2D eigenvalue weighted by Gasteiger charge is -2.03. The number of anilines is 1. The van der Waals surface area contributed by atoms with Crippen LogP contribution in [0.15, 0.2) is 52.9 Å². The Kier molecular flexibility index (Phi) is 4.05. The first kappa shape index (κ1) is 16.2. The van der Waals surface area contributed by atoms with Crippen LogP contribution in [0.25, 0.3) is 4.96 Å². The fraction of sp³-hybridized carbons (Fsp3) is 0.118. The highest BCUT2D eigenvalue weighted by Gasteiger charge is 2.14. The van der Waals surface area contributed by atoms with Crippen LogP contribution in [-0.4, -0.2) is 30.3 Å². The first-order chi connectivity index (χ1) is 12.6. The van der Waals surface area contributed by atoms with Crippen LogP contribution in [0.4, 0.5) is 5.82 Å². The molecule has 0 atom stereocenters. The fourth-order valence-electron chi connectivity index (χ4n) is 2.45. The second-order valence-corrected chi connectivity index (χ2v) is 6.52. The van der Waals surface area contributed by atoms with Crippen molar-refractivity contribution in [3.05, 3.63) is 75.3 Å². The van der Waals surface area contributed by atoms with Gasteiger partial charge in [-0.1, -0.05) is 30.3 Å². The van der Waals surface area contributed by atoms with Crippen molar-refractivity contribution < 1.29 is 4.79 Å². The number of carbonyl (C=O) groups is 1. The minimum absolute atomic E-state index is 0.270. The number of hydrogen-bond acceptors (Lipinski definition) is 6. The number of aromatic nitrogens is 5. The van der Waals surface area contributed by atoms with Gasteiger partial charge < -0.3 is 5.32 Å². The first-order valence-corrected chi connectivity index (χ1v) is 8.71. The van der Waals surface area contributed by atoms with Crippen LogP contribution in [0.5, 0.6) is 0 Å². The van der Waals surface area contributed by atoms with Crippen molar-refractivity contribution in [1.29, 1.82) is 0 Å². The Bertz CT molecular complexity index is 1140. The highest BCUT2D eigenvalue weighted by atomic mass is 32.1. The van der Waals surface area contributed by atoms with E-state index < -0.39 is 0 Å². The maximum absolute atomic E-state index is 12.5. The molecule has 0 unspecified atom stereocenters. The topological polar surface area (TPSA) is 94.2 Å². The number of nitrogens with zero attached hydrogens (tertiary/aromatic N) is 5. The Morgan fingerprint density at radius 2 is 2.08 bits per heavy atom. The molecule has 130 valence electrons. The van der Waals surface area contributed by atoms with Crippen molar-refractivity contribution in [2.45, 2.75) is 13.5 Å². The van der Waals surface area contributed by atoms with Gasteiger partial charge in [-0.2, -0.15) is 19.7 Å². The number of carbonyl (C=O) groups excluding carboxylic acids is 1. The van der Waals surface area contributed by atoms with Gasteiger partial charge in [-0.05, 0) is 12.5 Å². The number of aryl methyl sites for hydroxylation is 1. The molecule has 0 bridgehead atoms. The van der Waals surface area contributed by atoms with Gasteiger partial charge in [0.2, 0.25) is 4.96 Å². The van der Waals surface area contributed by atoms with Crippen molar-refractivity contribution in [3.63, 3.8) is 0 Å². The van der Waals surface area contributed by atoms with E-state index in [1.165, 1.54) is 22.0 Å². The third-order valence-electron chi connectivity index (χ3n) is 3.77. The molecule has 4 rings (SSSR count). The van der Waals surface area contributed by atoms with Crippen LogP contribution in [0, 0.1) is 6.92 Å². The fourth-order valence-corrected chi connectivity index (χ4v) is 3.20. The Morgan fingerprint density at radius 1 is 1.27 bits per heavy atom. The zero-order valence-electron chi connectivity index (χ0n) is 13.8. The van der Waals surface area contributed by atoms with E-state index in [0.717, 1.165) is 5.56 Å². The molecule has 9 heteroatoms. The third-order valence-corrected chi connectivity index (χ3v) is 4.58. The van der Waals surface area contributed by atoms with Gasteiger partial charge in [0.15, 0.2) is 0 Å². The van der Waals surface area contributed by atoms with Gasteiger partial charge in [-0.15, -0.1) is 11.3 Å². The van der Waals surface area contributed by atoms with Gasteiger partial charge in [0.1, 0.15) is 11.5 Å². The summed E-state index contributed by atoms with van der Waals surface area (Å²) in [6.45, 7) is 2.17. The minimum Gasteiger partial charge on any atom is -0.306 e. The molecule has 0 aliphatic heterocycles. The summed E-state index contributed by atoms with van der Waals surface area (Å²) in [6, 6.07) is 9.87. The van der Waals surface area contributed by atoms with Crippen molar-refractivity contribution in [1.82, 2.24) is 24.4 Å². The average molecular weight is 366 g/mol. The summed E-state index contributed by atoms with van der Waals surface area (Å²) in [5.41, 5.74) is 1.44. The highest BCUT2D eigenvalue weighted by Crippen LogP contribution is 2.17. The molecule has 3 heterocycles. The largest absolute Gasteiger partial charge is 0.306 e. The Hall–Kier alpha value is -3.33. The minimum atomic E-state index is -0.369. The summed E-state index contributed by atoms with van der Waals surface area (Å²) in [6.07, 6.45) is 3.21. The van der Waals surface area contributed by atoms with E-state index in [4.69, 9.17) is 0 Å². The van der Waals surface area contributed by atoms with Crippen LogP contribution >= 0.6 is 11.3 Å². The Balaban J connectivity index is 1.54. The maximum atomic E-state index is 12.5. The Morgan fingerprint density at radius 3 is 2.88 bits per heavy atom. The van der Waals surface area contributed by atoms with Crippen LogP contribution in [0.2, 0.25) is 0 Å². The van der Waals surface area contributed by atoms with Gasteiger partial charge in [0, 0.05) is 11.6 Å². The number of amides is 1. The van der Waals surface area contributed by atoms with E-state index in [2.05, 4.69) is 20.5 Å². The quantitative estimate of drug-likeness (QED) is 0.596. The second-order valence-electron chi connectivity index (χ2n) is 5.68. The molecule has 26 heavy (non-hydrogen) atoms. The number of fused-ring (bicyclic) bond motifs is 1. The van der Waals surface area contributed by atoms with E-state index in [-0.39, 0.29) is 17.2 Å². The van der Waals surface area contributed by atoms with Crippen LogP contribution in [-0.2, 0) is 6.54 Å². The van der Waals surface area contributed by atoms with Crippen molar-refractivity contribution in [2.24, 2.45) is 0 Å². The average Bonchev–Trinajstić information content (AvgIpc) is 3.24. The SMILES string of the molecule is Cc1nn2c(NC(=O)c3cnn(Cc4ccccc4)c3)csc2nc1=O. The zero-order chi connectivity index (χ0) is 18.1. The van der Waals surface area contributed by atoms with E-state index in [0.29, 0.717) is 22.9 Å². The van der Waals surface area contributed by atoms with Gasteiger partial charge in [0.05, 0.1) is 18.3 Å². The standard InChI is InChI=1S/C17H14N6O2S/c1-11-15(24)20-17-23(21-11)14(10-26-17)19-16(25)13-7-18-22(9-13)8-12-5-3-2-4-6-12/h2-7,9-10H,8H2,1H3,(H,19,25). The molecule has 0 saturated heterocycles. The second kappa shape index (κ2) is 6.52.